The number of amides is 1. The zero-order valence-electron chi connectivity index (χ0n) is 8.42. The molecule has 1 amide bonds. The summed E-state index contributed by atoms with van der Waals surface area (Å²) in [6, 6.07) is 3.77. The molecule has 2 N–H and O–H groups in total. The van der Waals surface area contributed by atoms with Crippen molar-refractivity contribution < 1.29 is 4.79 Å². The van der Waals surface area contributed by atoms with E-state index in [1.54, 1.807) is 24.3 Å². The molecule has 0 saturated heterocycles. The lowest BCUT2D eigenvalue weighted by molar-refractivity contribution is -0.128. The number of pyridine rings is 1. The van der Waals surface area contributed by atoms with Gasteiger partial charge in [0.2, 0.25) is 5.91 Å². The van der Waals surface area contributed by atoms with Crippen LogP contribution in [-0.4, -0.2) is 29.4 Å². The molecule has 0 aromatic carbocycles. The average Bonchev–Trinajstić information content (AvgIpc) is 2.18. The molecule has 15 heavy (non-hydrogen) atoms. The maximum absolute atomic E-state index is 11.1. The quantitative estimate of drug-likeness (QED) is 0.867. The molecule has 0 saturated carbocycles. The Morgan fingerprint density at radius 1 is 1.53 bits per heavy atom. The van der Waals surface area contributed by atoms with E-state index in [9.17, 15) is 4.79 Å². The highest BCUT2D eigenvalue weighted by Crippen LogP contribution is 1.99. The minimum absolute atomic E-state index is 0. The van der Waals surface area contributed by atoms with E-state index in [4.69, 9.17) is 5.73 Å². The van der Waals surface area contributed by atoms with E-state index < -0.39 is 0 Å². The van der Waals surface area contributed by atoms with Gasteiger partial charge in [-0.15, -0.1) is 24.8 Å². The molecule has 0 bridgehead atoms. The highest BCUT2D eigenvalue weighted by molar-refractivity contribution is 5.85. The molecular weight excluding hydrogens is 237 g/mol. The Balaban J connectivity index is 0. The summed E-state index contributed by atoms with van der Waals surface area (Å²) >= 11 is 0. The van der Waals surface area contributed by atoms with Crippen molar-refractivity contribution in [3.8, 4) is 0 Å². The molecular formula is C9H15Cl2N3O. The second kappa shape index (κ2) is 8.47. The normalized spacial score (nSPS) is 8.40. The number of halogens is 2. The Morgan fingerprint density at radius 2 is 2.20 bits per heavy atom. The molecule has 4 nitrogen and oxygen atoms in total. The topological polar surface area (TPSA) is 59.2 Å². The molecule has 0 fully saturated rings. The van der Waals surface area contributed by atoms with Crippen LogP contribution in [0.3, 0.4) is 0 Å². The van der Waals surface area contributed by atoms with Crippen LogP contribution in [-0.2, 0) is 11.3 Å². The van der Waals surface area contributed by atoms with Crippen molar-refractivity contribution in [2.75, 3.05) is 13.6 Å². The largest absolute Gasteiger partial charge is 0.340 e. The van der Waals surface area contributed by atoms with Gasteiger partial charge in [0, 0.05) is 26.0 Å². The maximum Gasteiger partial charge on any atom is 0.236 e. The number of carbonyl (C=O) groups is 1. The molecule has 0 radical (unpaired) electrons. The monoisotopic (exact) mass is 251 g/mol. The molecule has 1 aromatic heterocycles. The van der Waals surface area contributed by atoms with Gasteiger partial charge < -0.3 is 10.6 Å². The summed E-state index contributed by atoms with van der Waals surface area (Å²) in [6.07, 6.45) is 3.44. The molecule has 1 rings (SSSR count). The van der Waals surface area contributed by atoms with Crippen molar-refractivity contribution in [1.29, 1.82) is 0 Å². The molecule has 0 atom stereocenters. The lowest BCUT2D eigenvalue weighted by Crippen LogP contribution is -2.32. The van der Waals surface area contributed by atoms with E-state index in [2.05, 4.69) is 4.98 Å². The number of nitrogens with two attached hydrogens (primary N) is 1. The van der Waals surface area contributed by atoms with Crippen molar-refractivity contribution in [3.63, 3.8) is 0 Å². The van der Waals surface area contributed by atoms with E-state index in [1.165, 1.54) is 0 Å². The van der Waals surface area contributed by atoms with Crippen LogP contribution in [0, 0.1) is 0 Å². The first-order valence-electron chi connectivity index (χ1n) is 4.07. The molecule has 0 spiro atoms. The Kier molecular flexibility index (Phi) is 9.36. The first kappa shape index (κ1) is 16.6. The van der Waals surface area contributed by atoms with Gasteiger partial charge in [0.15, 0.2) is 0 Å². The predicted octanol–water partition coefficient (Wildman–Crippen LogP) is 0.842. The minimum Gasteiger partial charge on any atom is -0.340 e. The summed E-state index contributed by atoms with van der Waals surface area (Å²) in [6.45, 7) is 0.612. The lowest BCUT2D eigenvalue weighted by atomic mass is 10.3. The van der Waals surface area contributed by atoms with Crippen molar-refractivity contribution in [3.05, 3.63) is 30.1 Å². The van der Waals surface area contributed by atoms with Crippen LogP contribution in [0.4, 0.5) is 0 Å². The minimum atomic E-state index is -0.0659. The van der Waals surface area contributed by atoms with Crippen LogP contribution in [0.15, 0.2) is 24.5 Å². The third-order valence-electron chi connectivity index (χ3n) is 1.74. The third-order valence-corrected chi connectivity index (χ3v) is 1.74. The summed E-state index contributed by atoms with van der Waals surface area (Å²) in [4.78, 5) is 16.6. The third kappa shape index (κ3) is 5.57. The van der Waals surface area contributed by atoms with E-state index in [1.807, 2.05) is 12.1 Å². The fourth-order valence-electron chi connectivity index (χ4n) is 1.01. The van der Waals surface area contributed by atoms with Gasteiger partial charge in [0.25, 0.3) is 0 Å². The highest BCUT2D eigenvalue weighted by atomic mass is 35.5. The maximum atomic E-state index is 11.1. The number of likely N-dealkylation sites (N-methyl/N-ethyl adjacent to an activating group) is 1. The molecule has 1 aromatic rings. The standard InChI is InChI=1S/C9H13N3O.2ClH/c1-12(9(13)5-10)7-8-3-2-4-11-6-8;;/h2-4,6H,5,7,10H2,1H3;2*1H. The molecule has 1 heterocycles. The number of hydrogen-bond donors (Lipinski definition) is 1. The Bertz CT molecular complexity index is 282. The van der Waals surface area contributed by atoms with Gasteiger partial charge in [0.1, 0.15) is 0 Å². The molecule has 0 aliphatic carbocycles. The average molecular weight is 252 g/mol. The first-order valence-corrected chi connectivity index (χ1v) is 4.07. The van der Waals surface area contributed by atoms with Gasteiger partial charge in [0.05, 0.1) is 6.54 Å². The van der Waals surface area contributed by atoms with Gasteiger partial charge in [-0.25, -0.2) is 0 Å². The van der Waals surface area contributed by atoms with Gasteiger partial charge >= 0.3 is 0 Å². The summed E-state index contributed by atoms with van der Waals surface area (Å²) in [5.74, 6) is -0.0659. The fourth-order valence-corrected chi connectivity index (χ4v) is 1.01. The Morgan fingerprint density at radius 3 is 2.67 bits per heavy atom. The van der Waals surface area contributed by atoms with E-state index in [-0.39, 0.29) is 37.3 Å². The first-order chi connectivity index (χ1) is 6.24. The number of rotatable bonds is 3. The number of aromatic nitrogens is 1. The zero-order valence-corrected chi connectivity index (χ0v) is 10.1. The van der Waals surface area contributed by atoms with Gasteiger partial charge in [-0.05, 0) is 11.6 Å². The number of hydrogen-bond acceptors (Lipinski definition) is 3. The highest BCUT2D eigenvalue weighted by Gasteiger charge is 2.05. The van der Waals surface area contributed by atoms with Crippen molar-refractivity contribution >= 4 is 30.7 Å². The van der Waals surface area contributed by atoms with Crippen LogP contribution < -0.4 is 5.73 Å². The number of carbonyl (C=O) groups excluding carboxylic acids is 1. The smallest absolute Gasteiger partial charge is 0.236 e. The lowest BCUT2D eigenvalue weighted by Gasteiger charge is -2.15. The fraction of sp³-hybridized carbons (Fsp3) is 0.333. The van der Waals surface area contributed by atoms with Crippen LogP contribution in [0.5, 0.6) is 0 Å². The van der Waals surface area contributed by atoms with Crippen LogP contribution in [0.2, 0.25) is 0 Å². The predicted molar refractivity (Wildman–Crippen MR) is 64.3 cm³/mol. The van der Waals surface area contributed by atoms with E-state index in [0.717, 1.165) is 5.56 Å². The molecule has 0 aliphatic rings. The van der Waals surface area contributed by atoms with Crippen LogP contribution >= 0.6 is 24.8 Å². The van der Waals surface area contributed by atoms with Crippen molar-refractivity contribution in [2.24, 2.45) is 5.73 Å². The van der Waals surface area contributed by atoms with Gasteiger partial charge in [-0.1, -0.05) is 6.07 Å². The SMILES string of the molecule is CN(Cc1cccnc1)C(=O)CN.Cl.Cl. The van der Waals surface area contributed by atoms with Gasteiger partial charge in [-0.2, -0.15) is 0 Å². The van der Waals surface area contributed by atoms with E-state index >= 15 is 0 Å². The summed E-state index contributed by atoms with van der Waals surface area (Å²) in [5, 5.41) is 0. The molecule has 86 valence electrons. The Hall–Kier alpha value is -0.840. The van der Waals surface area contributed by atoms with Crippen LogP contribution in [0.25, 0.3) is 0 Å². The van der Waals surface area contributed by atoms with Crippen LogP contribution in [0.1, 0.15) is 5.56 Å². The second-order valence-electron chi connectivity index (χ2n) is 2.82. The van der Waals surface area contributed by atoms with Crippen molar-refractivity contribution in [1.82, 2.24) is 9.88 Å². The summed E-state index contributed by atoms with van der Waals surface area (Å²) < 4.78 is 0. The van der Waals surface area contributed by atoms with Crippen molar-refractivity contribution in [2.45, 2.75) is 6.54 Å². The molecule has 6 heteroatoms. The number of nitrogens with zero attached hydrogens (tertiary/aromatic N) is 2. The summed E-state index contributed by atoms with van der Waals surface area (Å²) in [7, 11) is 1.72. The second-order valence-corrected chi connectivity index (χ2v) is 2.82. The molecule has 0 aliphatic heterocycles. The summed E-state index contributed by atoms with van der Waals surface area (Å²) in [5.41, 5.74) is 6.23. The Labute approximate surface area is 102 Å². The molecule has 0 unspecified atom stereocenters. The zero-order chi connectivity index (χ0) is 9.68. The van der Waals surface area contributed by atoms with E-state index in [0.29, 0.717) is 6.54 Å². The van der Waals surface area contributed by atoms with Gasteiger partial charge in [-0.3, -0.25) is 9.78 Å².